The van der Waals surface area contributed by atoms with E-state index in [2.05, 4.69) is 5.32 Å². The third-order valence-electron chi connectivity index (χ3n) is 4.36. The van der Waals surface area contributed by atoms with E-state index in [1.54, 1.807) is 39.0 Å². The Bertz CT molecular complexity index is 660. The highest BCUT2D eigenvalue weighted by atomic mass is 32.2. The maximum absolute atomic E-state index is 12.3. The molecule has 0 aliphatic heterocycles. The molecule has 1 aliphatic carbocycles. The van der Waals surface area contributed by atoms with E-state index >= 15 is 0 Å². The van der Waals surface area contributed by atoms with Crippen molar-refractivity contribution in [2.24, 2.45) is 5.41 Å². The summed E-state index contributed by atoms with van der Waals surface area (Å²) in [7, 11) is 0. The van der Waals surface area contributed by atoms with Gasteiger partial charge in [0.15, 0.2) is 12.4 Å². The number of amides is 1. The van der Waals surface area contributed by atoms with Crippen LogP contribution in [-0.2, 0) is 14.3 Å². The van der Waals surface area contributed by atoms with Crippen molar-refractivity contribution < 1.29 is 19.1 Å². The van der Waals surface area contributed by atoms with E-state index in [9.17, 15) is 14.4 Å². The number of esters is 1. The van der Waals surface area contributed by atoms with Gasteiger partial charge in [-0.2, -0.15) is 0 Å². The van der Waals surface area contributed by atoms with Gasteiger partial charge in [-0.15, -0.1) is 11.8 Å². The summed E-state index contributed by atoms with van der Waals surface area (Å²) in [4.78, 5) is 37.0. The molecule has 1 aromatic carbocycles. The van der Waals surface area contributed by atoms with Crippen LogP contribution in [0.2, 0.25) is 0 Å². The number of ether oxygens (including phenoxy) is 1. The number of benzene rings is 1. The Labute approximate surface area is 159 Å². The summed E-state index contributed by atoms with van der Waals surface area (Å²) >= 11 is 1.31. The second kappa shape index (κ2) is 9.21. The molecule has 1 aromatic rings. The van der Waals surface area contributed by atoms with E-state index in [0.717, 1.165) is 12.8 Å². The molecule has 0 radical (unpaired) electrons. The van der Waals surface area contributed by atoms with Gasteiger partial charge in [0.1, 0.15) is 0 Å². The van der Waals surface area contributed by atoms with Gasteiger partial charge in [0.05, 0.1) is 11.3 Å². The van der Waals surface area contributed by atoms with E-state index in [4.69, 9.17) is 4.74 Å². The molecule has 142 valence electrons. The van der Waals surface area contributed by atoms with Crippen molar-refractivity contribution >= 4 is 29.4 Å². The molecule has 5 nitrogen and oxygen atoms in total. The quantitative estimate of drug-likeness (QED) is 0.580. The van der Waals surface area contributed by atoms with Crippen molar-refractivity contribution in [2.75, 3.05) is 12.4 Å². The second-order valence-corrected chi connectivity index (χ2v) is 8.60. The number of carbonyl (C=O) groups excluding carboxylic acids is 3. The summed E-state index contributed by atoms with van der Waals surface area (Å²) in [6.07, 6.45) is 4.42. The van der Waals surface area contributed by atoms with E-state index in [1.165, 1.54) is 24.6 Å². The predicted molar refractivity (Wildman–Crippen MR) is 102 cm³/mol. The van der Waals surface area contributed by atoms with Crippen LogP contribution in [0.5, 0.6) is 0 Å². The lowest BCUT2D eigenvalue weighted by Crippen LogP contribution is -2.33. The number of Topliss-reactive ketones (excluding diaryl/α,β-unsaturated/α-hetero) is 1. The average molecular weight is 378 g/mol. The van der Waals surface area contributed by atoms with Crippen LogP contribution in [0, 0.1) is 5.41 Å². The number of hydrogen-bond acceptors (Lipinski definition) is 5. The highest BCUT2D eigenvalue weighted by Crippen LogP contribution is 2.24. The maximum Gasteiger partial charge on any atom is 0.339 e. The van der Waals surface area contributed by atoms with Crippen LogP contribution in [0.4, 0.5) is 0 Å². The van der Waals surface area contributed by atoms with Gasteiger partial charge in [-0.3, -0.25) is 9.59 Å². The summed E-state index contributed by atoms with van der Waals surface area (Å²) in [5, 5.41) is 3.03. The zero-order chi connectivity index (χ0) is 19.2. The van der Waals surface area contributed by atoms with E-state index in [-0.39, 0.29) is 30.1 Å². The van der Waals surface area contributed by atoms with Crippen molar-refractivity contribution in [1.29, 1.82) is 0 Å². The van der Waals surface area contributed by atoms with E-state index in [0.29, 0.717) is 10.5 Å². The Morgan fingerprint density at radius 1 is 1.15 bits per heavy atom. The lowest BCUT2D eigenvalue weighted by atomic mass is 9.91. The Hall–Kier alpha value is -1.82. The van der Waals surface area contributed by atoms with Gasteiger partial charge >= 0.3 is 5.97 Å². The minimum Gasteiger partial charge on any atom is -0.454 e. The largest absolute Gasteiger partial charge is 0.454 e. The number of nitrogens with one attached hydrogen (secondary N) is 1. The fourth-order valence-electron chi connectivity index (χ4n) is 2.67. The van der Waals surface area contributed by atoms with Gasteiger partial charge in [-0.1, -0.05) is 45.7 Å². The van der Waals surface area contributed by atoms with Crippen LogP contribution < -0.4 is 5.32 Å². The molecule has 1 amide bonds. The van der Waals surface area contributed by atoms with Crippen LogP contribution in [0.25, 0.3) is 0 Å². The van der Waals surface area contributed by atoms with Gasteiger partial charge in [-0.25, -0.2) is 4.79 Å². The molecule has 0 heterocycles. The van der Waals surface area contributed by atoms with Gasteiger partial charge in [0.25, 0.3) is 0 Å². The molecule has 0 bridgehead atoms. The van der Waals surface area contributed by atoms with Crippen molar-refractivity contribution in [3.63, 3.8) is 0 Å². The van der Waals surface area contributed by atoms with Gasteiger partial charge in [0, 0.05) is 16.4 Å². The fraction of sp³-hybridized carbons (Fsp3) is 0.550. The molecule has 26 heavy (non-hydrogen) atoms. The van der Waals surface area contributed by atoms with Gasteiger partial charge in [0.2, 0.25) is 5.91 Å². The molecule has 1 fully saturated rings. The third-order valence-corrected chi connectivity index (χ3v) is 5.43. The first-order valence-electron chi connectivity index (χ1n) is 8.99. The Morgan fingerprint density at radius 2 is 1.81 bits per heavy atom. The molecule has 0 atom stereocenters. The summed E-state index contributed by atoms with van der Waals surface area (Å²) in [6.45, 7) is 5.12. The lowest BCUT2D eigenvalue weighted by Gasteiger charge is -2.16. The molecule has 0 saturated heterocycles. The number of thioether (sulfide) groups is 1. The molecule has 0 aromatic heterocycles. The molecule has 1 aliphatic rings. The highest BCUT2D eigenvalue weighted by molar-refractivity contribution is 8.00. The Kier molecular flexibility index (Phi) is 7.26. The maximum atomic E-state index is 12.3. The SMILES string of the molecule is CC(C)(C)C(=O)COC(=O)c1ccccc1SCC(=O)NC1CCCC1. The Morgan fingerprint density at radius 3 is 2.46 bits per heavy atom. The second-order valence-electron chi connectivity index (χ2n) is 7.58. The molecular formula is C20H27NO4S. The molecule has 0 spiro atoms. The van der Waals surface area contributed by atoms with Crippen LogP contribution in [0.1, 0.15) is 56.8 Å². The lowest BCUT2D eigenvalue weighted by molar-refractivity contribution is -0.129. The molecular weight excluding hydrogens is 350 g/mol. The zero-order valence-electron chi connectivity index (χ0n) is 15.7. The first-order valence-corrected chi connectivity index (χ1v) is 9.97. The van der Waals surface area contributed by atoms with E-state index in [1.807, 2.05) is 6.07 Å². The van der Waals surface area contributed by atoms with Crippen molar-refractivity contribution in [1.82, 2.24) is 5.32 Å². The summed E-state index contributed by atoms with van der Waals surface area (Å²) in [5.74, 6) is -0.441. The smallest absolute Gasteiger partial charge is 0.339 e. The van der Waals surface area contributed by atoms with Crippen molar-refractivity contribution in [3.05, 3.63) is 29.8 Å². The fourth-order valence-corrected chi connectivity index (χ4v) is 3.52. The summed E-state index contributed by atoms with van der Waals surface area (Å²) < 4.78 is 5.17. The van der Waals surface area contributed by atoms with Crippen molar-refractivity contribution in [2.45, 2.75) is 57.4 Å². The number of hydrogen-bond donors (Lipinski definition) is 1. The topological polar surface area (TPSA) is 72.5 Å². The molecule has 2 rings (SSSR count). The predicted octanol–water partition coefficient (Wildman–Crippen LogP) is 3.61. The normalized spacial score (nSPS) is 14.9. The minimum absolute atomic E-state index is 0.0204. The molecule has 1 N–H and O–H groups in total. The van der Waals surface area contributed by atoms with Gasteiger partial charge < -0.3 is 10.1 Å². The molecule has 0 unspecified atom stereocenters. The third kappa shape index (κ3) is 6.16. The molecule has 1 saturated carbocycles. The summed E-state index contributed by atoms with van der Waals surface area (Å²) in [6, 6.07) is 7.28. The number of carbonyl (C=O) groups is 3. The van der Waals surface area contributed by atoms with Crippen LogP contribution in [0.15, 0.2) is 29.2 Å². The average Bonchev–Trinajstić information content (AvgIpc) is 3.09. The first kappa shape index (κ1) is 20.5. The van der Waals surface area contributed by atoms with E-state index < -0.39 is 11.4 Å². The first-order chi connectivity index (χ1) is 12.3. The number of ketones is 1. The van der Waals surface area contributed by atoms with Crippen molar-refractivity contribution in [3.8, 4) is 0 Å². The standard InChI is InChI=1S/C20H27NO4S/c1-20(2,3)17(22)12-25-19(24)15-10-6-7-11-16(15)26-13-18(23)21-14-8-4-5-9-14/h6-7,10-11,14H,4-5,8-9,12-13H2,1-3H3,(H,21,23). The summed E-state index contributed by atoms with van der Waals surface area (Å²) in [5.41, 5.74) is -0.166. The zero-order valence-corrected chi connectivity index (χ0v) is 16.5. The minimum atomic E-state index is -0.549. The monoisotopic (exact) mass is 377 g/mol. The van der Waals surface area contributed by atoms with Crippen LogP contribution in [0.3, 0.4) is 0 Å². The van der Waals surface area contributed by atoms with Crippen LogP contribution in [-0.4, -0.2) is 36.1 Å². The number of rotatable bonds is 7. The molecule has 6 heteroatoms. The van der Waals surface area contributed by atoms with Gasteiger partial charge in [-0.05, 0) is 25.0 Å². The van der Waals surface area contributed by atoms with Crippen LogP contribution >= 0.6 is 11.8 Å². The highest BCUT2D eigenvalue weighted by Gasteiger charge is 2.23. The Balaban J connectivity index is 1.90.